The fraction of sp³-hybridized carbons (Fsp3) is 0.378. The van der Waals surface area contributed by atoms with Crippen LogP contribution >= 0.6 is 11.8 Å². The normalized spacial score (nSPS) is 24.1. The van der Waals surface area contributed by atoms with E-state index in [-0.39, 0.29) is 35.7 Å². The molecular weight excluding hydrogens is 639 g/mol. The Kier molecular flexibility index (Phi) is 7.44. The first-order chi connectivity index (χ1) is 23.3. The molecule has 10 nitrogen and oxygen atoms in total. The third-order valence-electron chi connectivity index (χ3n) is 10.8. The van der Waals surface area contributed by atoms with E-state index in [9.17, 15) is 14.4 Å². The Morgan fingerprint density at radius 3 is 2.45 bits per heavy atom. The maximum absolute atomic E-state index is 13.5. The van der Waals surface area contributed by atoms with Crippen molar-refractivity contribution in [3.8, 4) is 11.5 Å². The fourth-order valence-electron chi connectivity index (χ4n) is 7.11. The molecule has 4 heterocycles. The largest absolute Gasteiger partial charge is 0.494 e. The number of carbonyl (C=O) groups is 3. The number of piperidine rings is 1. The molecule has 0 radical (unpaired) electrons. The predicted octanol–water partition coefficient (Wildman–Crippen LogP) is 5.15. The van der Waals surface area contributed by atoms with Crippen LogP contribution in [0.25, 0.3) is 10.9 Å². The van der Waals surface area contributed by atoms with Gasteiger partial charge in [-0.1, -0.05) is 43.0 Å². The van der Waals surface area contributed by atoms with Gasteiger partial charge in [0.15, 0.2) is 0 Å². The highest BCUT2D eigenvalue weighted by molar-refractivity contribution is 7.99. The third-order valence-corrected chi connectivity index (χ3v) is 11.9. The smallest absolute Gasteiger partial charge is 0.455 e. The van der Waals surface area contributed by atoms with E-state index in [4.69, 9.17) is 14.0 Å². The number of aromatic nitrogens is 1. The lowest BCUT2D eigenvalue weighted by molar-refractivity contribution is -0.139. The number of fused-ring (bicyclic) bond motifs is 4. The summed E-state index contributed by atoms with van der Waals surface area (Å²) in [5.74, 6) is 0.513. The van der Waals surface area contributed by atoms with Crippen LogP contribution in [-0.4, -0.2) is 64.6 Å². The zero-order valence-electron chi connectivity index (χ0n) is 28.2. The lowest BCUT2D eigenvalue weighted by Crippen LogP contribution is -2.50. The molecule has 4 aliphatic rings. The summed E-state index contributed by atoms with van der Waals surface area (Å²) in [6, 6.07) is 20.5. The van der Waals surface area contributed by atoms with Gasteiger partial charge in [-0.3, -0.25) is 14.4 Å². The summed E-state index contributed by atoms with van der Waals surface area (Å²) in [6.07, 6.45) is 1.44. The molecule has 3 atom stereocenters. The van der Waals surface area contributed by atoms with Crippen LogP contribution in [0.4, 0.5) is 0 Å². The molecule has 3 amide bonds. The molecule has 1 aliphatic carbocycles. The average molecular weight is 679 g/mol. The van der Waals surface area contributed by atoms with E-state index in [1.807, 2.05) is 76.2 Å². The molecule has 4 aromatic rings. The van der Waals surface area contributed by atoms with Gasteiger partial charge in [0, 0.05) is 22.8 Å². The summed E-state index contributed by atoms with van der Waals surface area (Å²) in [5.41, 5.74) is 2.19. The van der Waals surface area contributed by atoms with E-state index in [0.29, 0.717) is 24.3 Å². The molecular formula is C37H39BN4O6S. The van der Waals surface area contributed by atoms with Crippen molar-refractivity contribution < 1.29 is 28.4 Å². The molecule has 252 valence electrons. The van der Waals surface area contributed by atoms with Crippen LogP contribution in [0.2, 0.25) is 0 Å². The fourth-order valence-corrected chi connectivity index (χ4v) is 8.04. The van der Waals surface area contributed by atoms with Crippen LogP contribution in [0.15, 0.2) is 76.5 Å². The first-order valence-electron chi connectivity index (χ1n) is 16.7. The summed E-state index contributed by atoms with van der Waals surface area (Å²) in [4.78, 5) is 47.2. The monoisotopic (exact) mass is 678 g/mol. The zero-order chi connectivity index (χ0) is 34.3. The number of benzene rings is 3. The molecule has 8 rings (SSSR count). The molecule has 3 aromatic carbocycles. The number of likely N-dealkylation sites (tertiary alicyclic amines) is 1. The zero-order valence-corrected chi connectivity index (χ0v) is 29.0. The second kappa shape index (κ2) is 11.4. The summed E-state index contributed by atoms with van der Waals surface area (Å²) in [7, 11) is -0.458. The van der Waals surface area contributed by atoms with Crippen LogP contribution in [-0.2, 0) is 25.4 Å². The minimum Gasteiger partial charge on any atom is -0.455 e. The first kappa shape index (κ1) is 32.0. The van der Waals surface area contributed by atoms with E-state index in [1.54, 1.807) is 28.8 Å². The number of amides is 3. The first-order valence-corrected chi connectivity index (χ1v) is 17.5. The van der Waals surface area contributed by atoms with Crippen LogP contribution in [0.3, 0.4) is 0 Å². The minimum atomic E-state index is -0.596. The van der Waals surface area contributed by atoms with Gasteiger partial charge in [-0.15, -0.1) is 0 Å². The summed E-state index contributed by atoms with van der Waals surface area (Å²) >= 11 is 1.59. The van der Waals surface area contributed by atoms with Gasteiger partial charge in [-0.25, -0.2) is 0 Å². The van der Waals surface area contributed by atoms with Crippen molar-refractivity contribution >= 4 is 53.0 Å². The highest BCUT2D eigenvalue weighted by Gasteiger charge is 2.64. The van der Waals surface area contributed by atoms with Gasteiger partial charge in [0.1, 0.15) is 17.5 Å². The van der Waals surface area contributed by atoms with Crippen molar-refractivity contribution in [1.29, 1.82) is 0 Å². The molecule has 3 N–H and O–H groups in total. The minimum absolute atomic E-state index is 0.0108. The Labute approximate surface area is 289 Å². The predicted molar refractivity (Wildman–Crippen MR) is 187 cm³/mol. The highest BCUT2D eigenvalue weighted by Crippen LogP contribution is 2.59. The van der Waals surface area contributed by atoms with Crippen LogP contribution in [0.1, 0.15) is 63.5 Å². The van der Waals surface area contributed by atoms with Crippen molar-refractivity contribution in [3.05, 3.63) is 78.0 Å². The third kappa shape index (κ3) is 5.69. The van der Waals surface area contributed by atoms with E-state index in [2.05, 4.69) is 28.6 Å². The summed E-state index contributed by atoms with van der Waals surface area (Å²) < 4.78 is 18.5. The van der Waals surface area contributed by atoms with Crippen molar-refractivity contribution in [2.75, 3.05) is 6.54 Å². The van der Waals surface area contributed by atoms with Gasteiger partial charge >= 0.3 is 7.12 Å². The molecule has 2 saturated heterocycles. The van der Waals surface area contributed by atoms with Gasteiger partial charge in [0.2, 0.25) is 11.8 Å². The average Bonchev–Trinajstić information content (AvgIpc) is 3.31. The van der Waals surface area contributed by atoms with Crippen LogP contribution in [0, 0.1) is 5.41 Å². The topological polar surface area (TPSA) is 122 Å². The molecule has 0 unspecified atom stereocenters. The Morgan fingerprint density at radius 1 is 0.898 bits per heavy atom. The molecule has 49 heavy (non-hydrogen) atoms. The van der Waals surface area contributed by atoms with Crippen molar-refractivity contribution in [2.45, 2.75) is 87.1 Å². The van der Waals surface area contributed by atoms with E-state index >= 15 is 0 Å². The van der Waals surface area contributed by atoms with E-state index < -0.39 is 24.4 Å². The van der Waals surface area contributed by atoms with Crippen molar-refractivity contribution in [2.24, 2.45) is 5.41 Å². The molecule has 12 heteroatoms. The molecule has 3 aliphatic heterocycles. The van der Waals surface area contributed by atoms with Gasteiger partial charge in [-0.2, -0.15) is 0 Å². The van der Waals surface area contributed by atoms with Gasteiger partial charge in [0.05, 0.1) is 34.1 Å². The Morgan fingerprint density at radius 2 is 1.65 bits per heavy atom. The molecule has 1 aromatic heterocycles. The second-order valence-corrected chi connectivity index (χ2v) is 15.9. The second-order valence-electron chi connectivity index (χ2n) is 14.8. The van der Waals surface area contributed by atoms with Crippen molar-refractivity contribution in [1.82, 2.24) is 20.5 Å². The number of H-pyrrole nitrogens is 1. The summed E-state index contributed by atoms with van der Waals surface area (Å²) in [5, 5.41) is 6.81. The Bertz CT molecular complexity index is 2010. The molecule has 3 fully saturated rings. The number of hydrogen-bond acceptors (Lipinski definition) is 7. The number of nitrogens with one attached hydrogen (secondary N) is 3. The van der Waals surface area contributed by atoms with E-state index in [0.717, 1.165) is 44.0 Å². The van der Waals surface area contributed by atoms with Gasteiger partial charge in [0.25, 0.3) is 5.91 Å². The maximum atomic E-state index is 13.5. The number of hydrogen-bond donors (Lipinski definition) is 3. The number of rotatable bonds is 7. The number of carbonyl (C=O) groups excluding carboxylic acids is 3. The maximum Gasteiger partial charge on any atom is 0.494 e. The van der Waals surface area contributed by atoms with Crippen LogP contribution in [0.5, 0.6) is 11.5 Å². The van der Waals surface area contributed by atoms with Gasteiger partial charge in [-0.05, 0) is 99.3 Å². The van der Waals surface area contributed by atoms with Crippen LogP contribution < -0.4 is 20.8 Å². The SMILES string of the molecule is CC1(C)OB(c2ccc3[nH]c(CNC(=O)[C@@H]4C[C@]5(C)C[C@@H]5N4C(=O)CNC(=O)c4ccc5c(c4)Oc4ccccc4S5)cc3c2)OC1(C)C. The molecule has 0 bridgehead atoms. The number of para-hydroxylation sites is 1. The molecule has 1 saturated carbocycles. The number of nitrogens with zero attached hydrogens (tertiary/aromatic N) is 1. The molecule has 0 spiro atoms. The number of ether oxygens (including phenoxy) is 1. The number of aromatic amines is 1. The summed E-state index contributed by atoms with van der Waals surface area (Å²) in [6.45, 7) is 10.3. The Balaban J connectivity index is 0.891. The standard InChI is InChI=1S/C37H39BN4O6S/c1-35(2)36(3,4)48-38(47-35)23-11-12-25-22(14-23)15-24(41-25)19-39-34(45)26-17-37(5)18-31(37)42(26)32(43)20-40-33(44)21-10-13-30-28(16-21)46-27-8-6-7-9-29(27)49-30/h6-16,26,31,41H,17-20H2,1-5H3,(H,39,45)(H,40,44)/t26-,31-,37+/m0/s1. The Hall–Kier alpha value is -4.26. The highest BCUT2D eigenvalue weighted by atomic mass is 32.2. The quantitative estimate of drug-likeness (QED) is 0.204. The van der Waals surface area contributed by atoms with Gasteiger partial charge < -0.3 is 34.6 Å². The lowest BCUT2D eigenvalue weighted by Gasteiger charge is -2.32. The van der Waals surface area contributed by atoms with E-state index in [1.165, 1.54) is 0 Å². The lowest BCUT2D eigenvalue weighted by atomic mass is 9.79. The van der Waals surface area contributed by atoms with Crippen molar-refractivity contribution in [3.63, 3.8) is 0 Å².